The van der Waals surface area contributed by atoms with Gasteiger partial charge in [-0.25, -0.2) is 19.9 Å². The summed E-state index contributed by atoms with van der Waals surface area (Å²) in [7, 11) is 0. The van der Waals surface area contributed by atoms with Crippen molar-refractivity contribution in [2.75, 3.05) is 23.7 Å². The topological polar surface area (TPSA) is 131 Å². The molecule has 1 aliphatic heterocycles. The number of benzene rings is 1. The van der Waals surface area contributed by atoms with Crippen LogP contribution in [-0.2, 0) is 6.42 Å². The molecule has 1 atom stereocenters. The normalized spacial score (nSPS) is 18.4. The summed E-state index contributed by atoms with van der Waals surface area (Å²) in [6.07, 6.45) is 6.31. The minimum atomic E-state index is -0.0463. The van der Waals surface area contributed by atoms with Crippen LogP contribution in [0, 0.1) is 16.7 Å². The molecule has 1 fully saturated rings. The molecule has 0 saturated carbocycles. The Balaban J connectivity index is 1.18. The van der Waals surface area contributed by atoms with Crippen LogP contribution in [0.25, 0.3) is 11.2 Å². The number of pyridine rings is 2. The number of nitrogens with zero attached hydrogens (tertiary/aromatic N) is 6. The first-order chi connectivity index (χ1) is 17.5. The van der Waals surface area contributed by atoms with E-state index in [9.17, 15) is 5.26 Å². The molecule has 1 aliphatic carbocycles. The summed E-state index contributed by atoms with van der Waals surface area (Å²) in [5.74, 6) is 1.14. The van der Waals surface area contributed by atoms with Gasteiger partial charge in [0.05, 0.1) is 22.9 Å². The van der Waals surface area contributed by atoms with Crippen LogP contribution in [0.5, 0.6) is 0 Å². The van der Waals surface area contributed by atoms with E-state index in [1.54, 1.807) is 12.4 Å². The zero-order valence-electron chi connectivity index (χ0n) is 19.4. The van der Waals surface area contributed by atoms with Crippen LogP contribution in [0.1, 0.15) is 35.6 Å². The first-order valence-electron chi connectivity index (χ1n) is 11.7. The molecule has 0 unspecified atom stereocenters. The van der Waals surface area contributed by atoms with Crippen molar-refractivity contribution in [1.82, 2.24) is 19.9 Å². The first kappa shape index (κ1) is 23.0. The molecule has 180 valence electrons. The summed E-state index contributed by atoms with van der Waals surface area (Å²) in [4.78, 5) is 21.1. The number of rotatable bonds is 3. The van der Waals surface area contributed by atoms with E-state index < -0.39 is 0 Å². The summed E-state index contributed by atoms with van der Waals surface area (Å²) in [5, 5.41) is 10.4. The van der Waals surface area contributed by atoms with Crippen molar-refractivity contribution in [3.05, 3.63) is 70.5 Å². The predicted molar refractivity (Wildman–Crippen MR) is 141 cm³/mol. The Bertz CT molecular complexity index is 1530. The second kappa shape index (κ2) is 8.89. The van der Waals surface area contributed by atoms with Crippen LogP contribution in [-0.4, -0.2) is 33.0 Å². The zero-order valence-corrected chi connectivity index (χ0v) is 20.9. The lowest BCUT2D eigenvalue weighted by molar-refractivity contribution is 0.187. The molecule has 0 amide bonds. The Kier molecular flexibility index (Phi) is 5.67. The third-order valence-corrected chi connectivity index (χ3v) is 8.86. The maximum absolute atomic E-state index is 9.27. The number of nitrogens with two attached hydrogens (primary N) is 2. The van der Waals surface area contributed by atoms with E-state index in [0.29, 0.717) is 22.1 Å². The molecule has 2 aliphatic rings. The van der Waals surface area contributed by atoms with Gasteiger partial charge in [0.25, 0.3) is 0 Å². The van der Waals surface area contributed by atoms with Crippen molar-refractivity contribution in [3.63, 3.8) is 0 Å². The highest BCUT2D eigenvalue weighted by atomic mass is 35.5. The number of halogens is 1. The molecule has 4 aromatic rings. The van der Waals surface area contributed by atoms with Gasteiger partial charge in [0.2, 0.25) is 0 Å². The molecule has 1 spiro atoms. The molecule has 0 radical (unpaired) electrons. The van der Waals surface area contributed by atoms with Crippen LogP contribution < -0.4 is 16.4 Å². The lowest BCUT2D eigenvalue weighted by Crippen LogP contribution is -2.44. The number of aromatic nitrogens is 4. The maximum Gasteiger partial charge on any atom is 0.179 e. The SMILES string of the molecule is N#Cc1ccc2c(c1)[C@H](N)C1(CCN(c3cnc4nc(Sc5ccnc(N)c5Cl)ccc4n3)CC1)C2. The minimum absolute atomic E-state index is 0.0303. The Hall–Kier alpha value is -3.45. The second-order valence-electron chi connectivity index (χ2n) is 9.36. The average molecular weight is 515 g/mol. The van der Waals surface area contributed by atoms with E-state index in [4.69, 9.17) is 28.1 Å². The first-order valence-corrected chi connectivity index (χ1v) is 12.9. The molecule has 4 N–H and O–H groups in total. The Morgan fingerprint density at radius 3 is 2.75 bits per heavy atom. The van der Waals surface area contributed by atoms with Crippen LogP contribution in [0.2, 0.25) is 5.02 Å². The van der Waals surface area contributed by atoms with Crippen molar-refractivity contribution >= 4 is 46.2 Å². The van der Waals surface area contributed by atoms with Crippen LogP contribution >= 0.6 is 23.4 Å². The summed E-state index contributed by atoms with van der Waals surface area (Å²) < 4.78 is 0. The van der Waals surface area contributed by atoms with Gasteiger partial charge in [0.15, 0.2) is 5.65 Å². The van der Waals surface area contributed by atoms with Gasteiger partial charge >= 0.3 is 0 Å². The van der Waals surface area contributed by atoms with E-state index in [1.807, 2.05) is 30.3 Å². The third-order valence-electron chi connectivity index (χ3n) is 7.36. The molecule has 1 aromatic carbocycles. The van der Waals surface area contributed by atoms with Gasteiger partial charge in [-0.2, -0.15) is 5.26 Å². The van der Waals surface area contributed by atoms with E-state index in [0.717, 1.165) is 59.2 Å². The summed E-state index contributed by atoms with van der Waals surface area (Å²) in [6.45, 7) is 1.71. The molecule has 1 saturated heterocycles. The number of fused-ring (bicyclic) bond motifs is 2. The van der Waals surface area contributed by atoms with Gasteiger partial charge in [0.1, 0.15) is 22.2 Å². The molecular weight excluding hydrogens is 492 g/mol. The highest BCUT2D eigenvalue weighted by Gasteiger charge is 2.46. The Morgan fingerprint density at radius 1 is 1.11 bits per heavy atom. The number of nitriles is 1. The van der Waals surface area contributed by atoms with Crippen molar-refractivity contribution in [3.8, 4) is 6.07 Å². The fraction of sp³-hybridized carbons (Fsp3) is 0.269. The van der Waals surface area contributed by atoms with Crippen molar-refractivity contribution in [2.24, 2.45) is 11.1 Å². The number of hydrogen-bond acceptors (Lipinski definition) is 9. The molecule has 6 rings (SSSR count). The van der Waals surface area contributed by atoms with Gasteiger partial charge < -0.3 is 16.4 Å². The van der Waals surface area contributed by atoms with Gasteiger partial charge in [-0.3, -0.25) is 0 Å². The van der Waals surface area contributed by atoms with E-state index in [1.165, 1.54) is 17.3 Å². The quantitative estimate of drug-likeness (QED) is 0.405. The largest absolute Gasteiger partial charge is 0.382 e. The van der Waals surface area contributed by atoms with Gasteiger partial charge in [-0.05, 0) is 66.1 Å². The molecule has 4 heterocycles. The van der Waals surface area contributed by atoms with Crippen molar-refractivity contribution < 1.29 is 0 Å². The molecule has 8 nitrogen and oxygen atoms in total. The van der Waals surface area contributed by atoms with Crippen molar-refractivity contribution in [1.29, 1.82) is 5.26 Å². The molecular formula is C26H23ClN8S. The highest BCUT2D eigenvalue weighted by Crippen LogP contribution is 2.51. The highest BCUT2D eigenvalue weighted by molar-refractivity contribution is 7.99. The zero-order chi connectivity index (χ0) is 24.9. The third kappa shape index (κ3) is 3.91. The molecule has 36 heavy (non-hydrogen) atoms. The second-order valence-corrected chi connectivity index (χ2v) is 10.8. The number of anilines is 2. The summed E-state index contributed by atoms with van der Waals surface area (Å²) in [6, 6.07) is 13.8. The number of nitrogen functional groups attached to an aromatic ring is 1. The van der Waals surface area contributed by atoms with Crippen LogP contribution in [0.3, 0.4) is 0 Å². The van der Waals surface area contributed by atoms with Gasteiger partial charge in [-0.15, -0.1) is 0 Å². The maximum atomic E-state index is 9.27. The van der Waals surface area contributed by atoms with Crippen LogP contribution in [0.4, 0.5) is 11.6 Å². The van der Waals surface area contributed by atoms with E-state index in [-0.39, 0.29) is 11.5 Å². The average Bonchev–Trinajstić information content (AvgIpc) is 3.17. The fourth-order valence-electron chi connectivity index (χ4n) is 5.32. The summed E-state index contributed by atoms with van der Waals surface area (Å²) >= 11 is 7.68. The molecule has 10 heteroatoms. The smallest absolute Gasteiger partial charge is 0.179 e. The van der Waals surface area contributed by atoms with Gasteiger partial charge in [0, 0.05) is 30.2 Å². The van der Waals surface area contributed by atoms with Gasteiger partial charge in [-0.1, -0.05) is 29.4 Å². The Labute approximate surface area is 217 Å². The number of hydrogen-bond donors (Lipinski definition) is 2. The van der Waals surface area contributed by atoms with Crippen molar-refractivity contribution in [2.45, 2.75) is 35.2 Å². The summed E-state index contributed by atoms with van der Waals surface area (Å²) in [5.41, 5.74) is 17.0. The fourth-order valence-corrected chi connectivity index (χ4v) is 6.37. The lowest BCUT2D eigenvalue weighted by atomic mass is 9.73. The standard InChI is InChI=1S/C26H23ClN8S/c27-22-19(5-8-31-24(22)30)36-21-4-3-18-25(34-21)32-14-20(33-18)35-9-6-26(7-10-35)12-16-2-1-15(13-28)11-17(16)23(26)29/h1-5,8,11,14,23H,6-7,9-10,12,29H2,(H2,30,31)/t23-/m0/s1. The Morgan fingerprint density at radius 2 is 1.94 bits per heavy atom. The van der Waals surface area contributed by atoms with E-state index in [2.05, 4.69) is 32.0 Å². The molecule has 3 aromatic heterocycles. The minimum Gasteiger partial charge on any atom is -0.382 e. The monoisotopic (exact) mass is 514 g/mol. The van der Waals surface area contributed by atoms with E-state index >= 15 is 0 Å². The lowest BCUT2D eigenvalue weighted by Gasteiger charge is -2.42. The predicted octanol–water partition coefficient (Wildman–Crippen LogP) is 4.52. The number of piperidine rings is 1. The van der Waals surface area contributed by atoms with Crippen LogP contribution in [0.15, 0.2) is 58.7 Å². The molecule has 0 bridgehead atoms.